The maximum absolute atomic E-state index is 12.5. The summed E-state index contributed by atoms with van der Waals surface area (Å²) in [4.78, 5) is 14.4. The normalized spacial score (nSPS) is 10.8. The van der Waals surface area contributed by atoms with E-state index < -0.39 is 0 Å². The Kier molecular flexibility index (Phi) is 7.41. The topological polar surface area (TPSA) is 95.1 Å². The van der Waals surface area contributed by atoms with Gasteiger partial charge >= 0.3 is 0 Å². The number of nitriles is 1. The third kappa shape index (κ3) is 5.57. The van der Waals surface area contributed by atoms with Gasteiger partial charge in [-0.2, -0.15) is 5.26 Å². The van der Waals surface area contributed by atoms with Crippen molar-refractivity contribution in [3.8, 4) is 17.5 Å². The number of halogens is 2. The van der Waals surface area contributed by atoms with Gasteiger partial charge in [0.2, 0.25) is 17.7 Å². The molecule has 154 valence electrons. The lowest BCUT2D eigenvalue weighted by Crippen LogP contribution is -2.33. The molecule has 2 aromatic carbocycles. The SMILES string of the molecule is CCCN(CC(=O)Nc1ccc(C#N)c(Cl)c1)Cc1nnc(-c2ccccc2Cl)o1. The molecule has 7 nitrogen and oxygen atoms in total. The predicted octanol–water partition coefficient (Wildman–Crippen LogP) is 4.77. The van der Waals surface area contributed by atoms with Gasteiger partial charge in [-0.1, -0.05) is 42.3 Å². The lowest BCUT2D eigenvalue weighted by Gasteiger charge is -2.19. The second kappa shape index (κ2) is 10.2. The van der Waals surface area contributed by atoms with E-state index >= 15 is 0 Å². The number of carbonyl (C=O) groups is 1. The zero-order valence-electron chi connectivity index (χ0n) is 16.2. The number of amides is 1. The Balaban J connectivity index is 1.65. The summed E-state index contributed by atoms with van der Waals surface area (Å²) in [6.45, 7) is 3.15. The fourth-order valence-corrected chi connectivity index (χ4v) is 3.31. The molecule has 3 rings (SSSR count). The first-order valence-electron chi connectivity index (χ1n) is 9.29. The summed E-state index contributed by atoms with van der Waals surface area (Å²) in [7, 11) is 0. The van der Waals surface area contributed by atoms with Gasteiger partial charge in [0.05, 0.1) is 34.3 Å². The first-order valence-corrected chi connectivity index (χ1v) is 10.0. The fraction of sp³-hybridized carbons (Fsp3) is 0.238. The van der Waals surface area contributed by atoms with E-state index in [9.17, 15) is 4.79 Å². The van der Waals surface area contributed by atoms with Crippen LogP contribution in [0.15, 0.2) is 46.9 Å². The summed E-state index contributed by atoms with van der Waals surface area (Å²) in [6, 6.07) is 14.0. The van der Waals surface area contributed by atoms with Crippen LogP contribution in [0, 0.1) is 11.3 Å². The van der Waals surface area contributed by atoms with E-state index in [0.29, 0.717) is 51.7 Å². The van der Waals surface area contributed by atoms with E-state index in [-0.39, 0.29) is 12.5 Å². The van der Waals surface area contributed by atoms with Crippen LogP contribution in [0.3, 0.4) is 0 Å². The molecule has 0 saturated heterocycles. The summed E-state index contributed by atoms with van der Waals surface area (Å²) in [5, 5.41) is 20.7. The number of carbonyl (C=O) groups excluding carboxylic acids is 1. The molecular weight excluding hydrogens is 425 g/mol. The molecule has 0 atom stereocenters. The smallest absolute Gasteiger partial charge is 0.249 e. The molecule has 0 aliphatic rings. The third-order valence-electron chi connectivity index (χ3n) is 4.21. The molecule has 0 unspecified atom stereocenters. The van der Waals surface area contributed by atoms with E-state index in [1.54, 1.807) is 30.3 Å². The first-order chi connectivity index (χ1) is 14.5. The minimum atomic E-state index is -0.213. The lowest BCUT2D eigenvalue weighted by atomic mass is 10.2. The molecule has 1 amide bonds. The Bertz CT molecular complexity index is 1080. The molecule has 0 saturated carbocycles. The van der Waals surface area contributed by atoms with E-state index in [1.807, 2.05) is 30.0 Å². The van der Waals surface area contributed by atoms with Gasteiger partial charge in [-0.05, 0) is 43.3 Å². The van der Waals surface area contributed by atoms with Crippen molar-refractivity contribution in [1.29, 1.82) is 5.26 Å². The van der Waals surface area contributed by atoms with Crippen molar-refractivity contribution in [3.05, 3.63) is 64.0 Å². The highest BCUT2D eigenvalue weighted by Crippen LogP contribution is 2.26. The van der Waals surface area contributed by atoms with Crippen LogP contribution in [0.2, 0.25) is 10.0 Å². The molecule has 30 heavy (non-hydrogen) atoms. The van der Waals surface area contributed by atoms with Crippen LogP contribution >= 0.6 is 23.2 Å². The van der Waals surface area contributed by atoms with Crippen LogP contribution in [0.4, 0.5) is 5.69 Å². The van der Waals surface area contributed by atoms with E-state index in [4.69, 9.17) is 32.9 Å². The van der Waals surface area contributed by atoms with Gasteiger partial charge < -0.3 is 9.73 Å². The molecule has 0 radical (unpaired) electrons. The quantitative estimate of drug-likeness (QED) is 0.538. The van der Waals surface area contributed by atoms with Crippen LogP contribution in [0.25, 0.3) is 11.5 Å². The second-order valence-corrected chi connectivity index (χ2v) is 7.36. The maximum Gasteiger partial charge on any atom is 0.249 e. The van der Waals surface area contributed by atoms with Crippen molar-refractivity contribution in [2.24, 2.45) is 0 Å². The van der Waals surface area contributed by atoms with Gasteiger partial charge in [0, 0.05) is 5.69 Å². The van der Waals surface area contributed by atoms with Crippen LogP contribution in [-0.4, -0.2) is 34.1 Å². The van der Waals surface area contributed by atoms with Crippen LogP contribution < -0.4 is 5.32 Å². The van der Waals surface area contributed by atoms with Crippen molar-refractivity contribution < 1.29 is 9.21 Å². The van der Waals surface area contributed by atoms with E-state index in [0.717, 1.165) is 6.42 Å². The van der Waals surface area contributed by atoms with Gasteiger partial charge in [0.1, 0.15) is 6.07 Å². The Labute approximate surface area is 184 Å². The Morgan fingerprint density at radius 1 is 1.20 bits per heavy atom. The number of benzene rings is 2. The molecule has 0 fully saturated rings. The zero-order valence-corrected chi connectivity index (χ0v) is 17.7. The molecule has 1 heterocycles. The number of nitrogens with zero attached hydrogens (tertiary/aromatic N) is 4. The van der Waals surface area contributed by atoms with Crippen molar-refractivity contribution in [2.75, 3.05) is 18.4 Å². The van der Waals surface area contributed by atoms with Gasteiger partial charge in [-0.3, -0.25) is 9.69 Å². The highest BCUT2D eigenvalue weighted by atomic mass is 35.5. The number of hydrogen-bond acceptors (Lipinski definition) is 6. The summed E-state index contributed by atoms with van der Waals surface area (Å²) in [5.41, 5.74) is 1.54. The Hall–Kier alpha value is -2.92. The predicted molar refractivity (Wildman–Crippen MR) is 115 cm³/mol. The molecule has 3 aromatic rings. The molecule has 1 aromatic heterocycles. The van der Waals surface area contributed by atoms with Gasteiger partial charge in [-0.25, -0.2) is 0 Å². The maximum atomic E-state index is 12.5. The van der Waals surface area contributed by atoms with Crippen molar-refractivity contribution in [2.45, 2.75) is 19.9 Å². The highest BCUT2D eigenvalue weighted by molar-refractivity contribution is 6.33. The van der Waals surface area contributed by atoms with E-state index in [1.165, 1.54) is 0 Å². The van der Waals surface area contributed by atoms with E-state index in [2.05, 4.69) is 15.5 Å². The minimum absolute atomic E-state index is 0.134. The molecule has 0 aliphatic carbocycles. The summed E-state index contributed by atoms with van der Waals surface area (Å²) >= 11 is 12.2. The third-order valence-corrected chi connectivity index (χ3v) is 4.85. The molecular formula is C21H19Cl2N5O2. The molecule has 1 N–H and O–H groups in total. The van der Waals surface area contributed by atoms with Crippen LogP contribution in [0.1, 0.15) is 24.8 Å². The number of anilines is 1. The molecule has 0 bridgehead atoms. The van der Waals surface area contributed by atoms with Gasteiger partial charge in [0.25, 0.3) is 0 Å². The Morgan fingerprint density at radius 3 is 2.70 bits per heavy atom. The largest absolute Gasteiger partial charge is 0.419 e. The van der Waals surface area contributed by atoms with Crippen molar-refractivity contribution in [3.63, 3.8) is 0 Å². The average Bonchev–Trinajstić information content (AvgIpc) is 3.17. The minimum Gasteiger partial charge on any atom is -0.419 e. The summed E-state index contributed by atoms with van der Waals surface area (Å²) < 4.78 is 5.74. The standard InChI is InChI=1S/C21H19Cl2N5O2/c1-2-9-28(12-19(29)25-15-8-7-14(11-24)18(23)10-15)13-20-26-27-21(30-20)16-5-3-4-6-17(16)22/h3-8,10H,2,9,12-13H2,1H3,(H,25,29). The number of hydrogen-bond donors (Lipinski definition) is 1. The summed E-state index contributed by atoms with van der Waals surface area (Å²) in [5.74, 6) is 0.520. The Morgan fingerprint density at radius 2 is 2.00 bits per heavy atom. The van der Waals surface area contributed by atoms with Gasteiger partial charge in [0.15, 0.2) is 0 Å². The van der Waals surface area contributed by atoms with Crippen molar-refractivity contribution in [1.82, 2.24) is 15.1 Å². The fourth-order valence-electron chi connectivity index (χ4n) is 2.87. The van der Waals surface area contributed by atoms with Gasteiger partial charge in [-0.15, -0.1) is 10.2 Å². The molecule has 0 aliphatic heterocycles. The lowest BCUT2D eigenvalue weighted by molar-refractivity contribution is -0.117. The number of rotatable bonds is 8. The zero-order chi connectivity index (χ0) is 21.5. The monoisotopic (exact) mass is 443 g/mol. The summed E-state index contributed by atoms with van der Waals surface area (Å²) in [6.07, 6.45) is 0.849. The van der Waals surface area contributed by atoms with Crippen LogP contribution in [-0.2, 0) is 11.3 Å². The second-order valence-electron chi connectivity index (χ2n) is 6.55. The highest BCUT2D eigenvalue weighted by Gasteiger charge is 2.17. The van der Waals surface area contributed by atoms with Crippen molar-refractivity contribution >= 4 is 34.8 Å². The average molecular weight is 444 g/mol. The van der Waals surface area contributed by atoms with Crippen LogP contribution in [0.5, 0.6) is 0 Å². The molecule has 9 heteroatoms. The number of aromatic nitrogens is 2. The molecule has 0 spiro atoms. The first kappa shape index (κ1) is 21.8. The number of nitrogens with one attached hydrogen (secondary N) is 1.